The largest absolute Gasteiger partial charge is 0.488 e. The Hall–Kier alpha value is -1.97. The lowest BCUT2D eigenvalue weighted by Gasteiger charge is -2.11. The van der Waals surface area contributed by atoms with E-state index in [1.807, 2.05) is 30.3 Å². The summed E-state index contributed by atoms with van der Waals surface area (Å²) in [6.45, 7) is 0.173. The molecule has 0 amide bonds. The maximum absolute atomic E-state index is 12.9. The van der Waals surface area contributed by atoms with Crippen molar-refractivity contribution < 1.29 is 17.9 Å². The first-order valence-corrected chi connectivity index (χ1v) is 5.41. The summed E-state index contributed by atoms with van der Waals surface area (Å²) in [5.41, 5.74) is 0.438. The zero-order valence-corrected chi connectivity index (χ0v) is 9.45. The van der Waals surface area contributed by atoms with Crippen molar-refractivity contribution >= 4 is 0 Å². The van der Waals surface area contributed by atoms with Gasteiger partial charge in [-0.3, -0.25) is 0 Å². The average molecular weight is 252 g/mol. The van der Waals surface area contributed by atoms with Crippen LogP contribution in [-0.2, 0) is 6.61 Å². The lowest BCUT2D eigenvalue weighted by Crippen LogP contribution is -1.99. The highest BCUT2D eigenvalue weighted by Gasteiger charge is 2.15. The highest BCUT2D eigenvalue weighted by molar-refractivity contribution is 5.35. The molecule has 0 unspecified atom stereocenters. The van der Waals surface area contributed by atoms with Crippen LogP contribution in [0, 0.1) is 5.82 Å². The Morgan fingerprint density at radius 2 is 1.72 bits per heavy atom. The number of ether oxygens (including phenoxy) is 1. The van der Waals surface area contributed by atoms with Crippen molar-refractivity contribution in [3.63, 3.8) is 0 Å². The molecule has 1 nitrogen and oxygen atoms in total. The molecule has 0 heterocycles. The van der Waals surface area contributed by atoms with Gasteiger partial charge in [0, 0.05) is 0 Å². The predicted molar refractivity (Wildman–Crippen MR) is 62.1 cm³/mol. The third-order valence-corrected chi connectivity index (χ3v) is 2.44. The highest BCUT2D eigenvalue weighted by Crippen LogP contribution is 2.30. The molecule has 0 aliphatic carbocycles. The summed E-state index contributed by atoms with van der Waals surface area (Å²) in [5.74, 6) is -0.687. The molecule has 4 heteroatoms. The van der Waals surface area contributed by atoms with Gasteiger partial charge < -0.3 is 4.74 Å². The van der Waals surface area contributed by atoms with Crippen LogP contribution in [0.5, 0.6) is 5.75 Å². The second-order valence-electron chi connectivity index (χ2n) is 3.76. The third-order valence-electron chi connectivity index (χ3n) is 2.44. The zero-order valence-electron chi connectivity index (χ0n) is 9.45. The second-order valence-corrected chi connectivity index (χ2v) is 3.76. The molecule has 0 atom stereocenters. The summed E-state index contributed by atoms with van der Waals surface area (Å²) in [6, 6.07) is 12.3. The Balaban J connectivity index is 2.14. The summed E-state index contributed by atoms with van der Waals surface area (Å²) in [5, 5.41) is 0. The molecule has 0 fully saturated rings. The van der Waals surface area contributed by atoms with E-state index in [9.17, 15) is 13.2 Å². The maximum Gasteiger partial charge on any atom is 0.267 e. The SMILES string of the molecule is Fc1ccc(OCc2ccccc2)c(C(F)F)c1. The van der Waals surface area contributed by atoms with Gasteiger partial charge in [0.05, 0.1) is 5.56 Å². The molecule has 0 bridgehead atoms. The summed E-state index contributed by atoms with van der Waals surface area (Å²) < 4.78 is 43.5. The van der Waals surface area contributed by atoms with Crippen molar-refractivity contribution in [3.05, 3.63) is 65.5 Å². The molecule has 2 rings (SSSR count). The van der Waals surface area contributed by atoms with Crippen LogP contribution in [-0.4, -0.2) is 0 Å². The van der Waals surface area contributed by atoms with E-state index in [0.29, 0.717) is 0 Å². The topological polar surface area (TPSA) is 9.23 Å². The molecule has 2 aromatic rings. The minimum Gasteiger partial charge on any atom is -0.488 e. The van der Waals surface area contributed by atoms with Gasteiger partial charge in [-0.25, -0.2) is 13.2 Å². The molecule has 2 aromatic carbocycles. The van der Waals surface area contributed by atoms with Crippen molar-refractivity contribution in [2.45, 2.75) is 13.0 Å². The number of alkyl halides is 2. The van der Waals surface area contributed by atoms with E-state index in [1.54, 1.807) is 0 Å². The molecule has 0 aliphatic rings. The Labute approximate surface area is 103 Å². The number of benzene rings is 2. The first-order valence-electron chi connectivity index (χ1n) is 5.41. The van der Waals surface area contributed by atoms with Gasteiger partial charge in [-0.05, 0) is 23.8 Å². The molecular weight excluding hydrogens is 241 g/mol. The van der Waals surface area contributed by atoms with Crippen LogP contribution in [0.1, 0.15) is 17.6 Å². The van der Waals surface area contributed by atoms with E-state index < -0.39 is 17.8 Å². The number of hydrogen-bond donors (Lipinski definition) is 0. The fourth-order valence-electron chi connectivity index (χ4n) is 1.56. The second kappa shape index (κ2) is 5.58. The number of hydrogen-bond acceptors (Lipinski definition) is 1. The summed E-state index contributed by atoms with van der Waals surface area (Å²) in [7, 11) is 0. The van der Waals surface area contributed by atoms with Gasteiger partial charge in [-0.15, -0.1) is 0 Å². The van der Waals surface area contributed by atoms with Crippen LogP contribution in [0.4, 0.5) is 13.2 Å². The van der Waals surface area contributed by atoms with Crippen molar-refractivity contribution in [3.8, 4) is 5.75 Å². The van der Waals surface area contributed by atoms with Crippen molar-refractivity contribution in [1.82, 2.24) is 0 Å². The van der Waals surface area contributed by atoms with Gasteiger partial charge in [0.15, 0.2) is 0 Å². The van der Waals surface area contributed by atoms with Crippen LogP contribution in [0.15, 0.2) is 48.5 Å². The molecule has 0 radical (unpaired) electrons. The maximum atomic E-state index is 12.9. The average Bonchev–Trinajstić information content (AvgIpc) is 2.38. The standard InChI is InChI=1S/C14H11F3O/c15-11-6-7-13(12(8-11)14(16)17)18-9-10-4-2-1-3-5-10/h1-8,14H,9H2. The molecule has 0 N–H and O–H groups in total. The van der Waals surface area contributed by atoms with Crippen LogP contribution >= 0.6 is 0 Å². The summed E-state index contributed by atoms with van der Waals surface area (Å²) in [6.07, 6.45) is -2.76. The first kappa shape index (κ1) is 12.5. The first-order chi connectivity index (χ1) is 8.66. The molecule has 0 saturated heterocycles. The van der Waals surface area contributed by atoms with Gasteiger partial charge >= 0.3 is 0 Å². The van der Waals surface area contributed by atoms with E-state index >= 15 is 0 Å². The van der Waals surface area contributed by atoms with E-state index in [2.05, 4.69) is 0 Å². The van der Waals surface area contributed by atoms with E-state index in [0.717, 1.165) is 17.7 Å². The monoisotopic (exact) mass is 252 g/mol. The normalized spacial score (nSPS) is 10.7. The van der Waals surface area contributed by atoms with E-state index in [4.69, 9.17) is 4.74 Å². The van der Waals surface area contributed by atoms with Crippen LogP contribution in [0.2, 0.25) is 0 Å². The van der Waals surface area contributed by atoms with Gasteiger partial charge in [-0.2, -0.15) is 0 Å². The van der Waals surface area contributed by atoms with Crippen molar-refractivity contribution in [1.29, 1.82) is 0 Å². The Morgan fingerprint density at radius 1 is 1.00 bits per heavy atom. The predicted octanol–water partition coefficient (Wildman–Crippen LogP) is 4.34. The Morgan fingerprint density at radius 3 is 2.39 bits per heavy atom. The zero-order chi connectivity index (χ0) is 13.0. The molecule has 18 heavy (non-hydrogen) atoms. The van der Waals surface area contributed by atoms with Gasteiger partial charge in [0.2, 0.25) is 0 Å². The lowest BCUT2D eigenvalue weighted by atomic mass is 10.2. The minimum atomic E-state index is -2.76. The van der Waals surface area contributed by atoms with Crippen LogP contribution < -0.4 is 4.74 Å². The Bertz CT molecular complexity index is 512. The molecular formula is C14H11F3O. The number of halogens is 3. The Kier molecular flexibility index (Phi) is 3.87. The smallest absolute Gasteiger partial charge is 0.267 e. The van der Waals surface area contributed by atoms with E-state index in [-0.39, 0.29) is 12.4 Å². The molecule has 0 aliphatic heterocycles. The molecule has 94 valence electrons. The lowest BCUT2D eigenvalue weighted by molar-refractivity contribution is 0.144. The van der Waals surface area contributed by atoms with Crippen LogP contribution in [0.3, 0.4) is 0 Å². The van der Waals surface area contributed by atoms with E-state index in [1.165, 1.54) is 6.07 Å². The van der Waals surface area contributed by atoms with Gasteiger partial charge in [-0.1, -0.05) is 30.3 Å². The summed E-state index contributed by atoms with van der Waals surface area (Å²) in [4.78, 5) is 0. The third kappa shape index (κ3) is 3.03. The molecule has 0 saturated carbocycles. The molecule has 0 aromatic heterocycles. The fraction of sp³-hybridized carbons (Fsp3) is 0.143. The van der Waals surface area contributed by atoms with Crippen molar-refractivity contribution in [2.24, 2.45) is 0 Å². The van der Waals surface area contributed by atoms with Crippen molar-refractivity contribution in [2.75, 3.05) is 0 Å². The fourth-order valence-corrected chi connectivity index (χ4v) is 1.56. The quantitative estimate of drug-likeness (QED) is 0.786. The summed E-state index contributed by atoms with van der Waals surface area (Å²) >= 11 is 0. The highest BCUT2D eigenvalue weighted by atomic mass is 19.3. The van der Waals surface area contributed by atoms with Gasteiger partial charge in [0.1, 0.15) is 18.2 Å². The van der Waals surface area contributed by atoms with Crippen LogP contribution in [0.25, 0.3) is 0 Å². The minimum absolute atomic E-state index is 0.00949. The van der Waals surface area contributed by atoms with Gasteiger partial charge in [0.25, 0.3) is 6.43 Å². The molecule has 0 spiro atoms. The number of rotatable bonds is 4.